The van der Waals surface area contributed by atoms with Gasteiger partial charge >= 0.3 is 0 Å². The van der Waals surface area contributed by atoms with Crippen LogP contribution in [0.3, 0.4) is 0 Å². The van der Waals surface area contributed by atoms with Crippen LogP contribution in [-0.4, -0.2) is 62.7 Å². The predicted octanol–water partition coefficient (Wildman–Crippen LogP) is 3.44. The second-order valence-corrected chi connectivity index (χ2v) is 8.74. The lowest BCUT2D eigenvalue weighted by Gasteiger charge is -2.28. The number of nitrogens with two attached hydrogens (primary N) is 1. The van der Waals surface area contributed by atoms with Gasteiger partial charge in [-0.25, -0.2) is 4.98 Å². The second kappa shape index (κ2) is 10.2. The molecule has 3 aromatic rings. The first kappa shape index (κ1) is 22.4. The van der Waals surface area contributed by atoms with Gasteiger partial charge in [0.2, 0.25) is 5.95 Å². The highest BCUT2D eigenvalue weighted by Gasteiger charge is 2.19. The summed E-state index contributed by atoms with van der Waals surface area (Å²) in [5.41, 5.74) is 10.4. The Balaban J connectivity index is 1.57. The molecule has 170 valence electrons. The van der Waals surface area contributed by atoms with Crippen LogP contribution in [-0.2, 0) is 0 Å². The van der Waals surface area contributed by atoms with Crippen molar-refractivity contribution in [2.75, 3.05) is 37.8 Å². The number of piperidine rings is 1. The topological polar surface area (TPSA) is 113 Å². The number of anilines is 2. The van der Waals surface area contributed by atoms with Crippen molar-refractivity contribution < 1.29 is 5.11 Å². The summed E-state index contributed by atoms with van der Waals surface area (Å²) in [6.07, 6.45) is 8.99. The number of rotatable bonds is 8. The SMILES string of the molecule is CCCCC(CO)Nc1nc(N)nc2cc(-c3ccc(C4CCN(C)CC4)nc3)cnc12. The summed E-state index contributed by atoms with van der Waals surface area (Å²) in [5, 5.41) is 13.0. The number of unbranched alkanes of at least 4 members (excludes halogenated alkanes) is 1. The number of aliphatic hydroxyl groups excluding tert-OH is 1. The fourth-order valence-electron chi connectivity index (χ4n) is 4.27. The summed E-state index contributed by atoms with van der Waals surface area (Å²) in [6.45, 7) is 4.40. The van der Waals surface area contributed by atoms with Gasteiger partial charge in [-0.15, -0.1) is 0 Å². The number of nitrogens with zero attached hydrogens (tertiary/aromatic N) is 5. The van der Waals surface area contributed by atoms with Crippen molar-refractivity contribution in [1.29, 1.82) is 0 Å². The predicted molar refractivity (Wildman–Crippen MR) is 128 cm³/mol. The number of likely N-dealkylation sites (tertiary alicyclic amines) is 1. The van der Waals surface area contributed by atoms with Crippen LogP contribution in [0.4, 0.5) is 11.8 Å². The molecule has 0 amide bonds. The zero-order valence-electron chi connectivity index (χ0n) is 19.0. The van der Waals surface area contributed by atoms with Crippen LogP contribution < -0.4 is 11.1 Å². The maximum Gasteiger partial charge on any atom is 0.222 e. The van der Waals surface area contributed by atoms with Gasteiger partial charge in [-0.05, 0) is 51.5 Å². The molecule has 0 aromatic carbocycles. The van der Waals surface area contributed by atoms with E-state index < -0.39 is 0 Å². The lowest BCUT2D eigenvalue weighted by atomic mass is 9.93. The zero-order valence-corrected chi connectivity index (χ0v) is 19.0. The minimum atomic E-state index is -0.0924. The normalized spacial score (nSPS) is 16.3. The number of pyridine rings is 2. The number of fused-ring (bicyclic) bond motifs is 1. The summed E-state index contributed by atoms with van der Waals surface area (Å²) in [4.78, 5) is 20.5. The van der Waals surface area contributed by atoms with E-state index in [1.807, 2.05) is 18.5 Å². The molecule has 1 unspecified atom stereocenters. The van der Waals surface area contributed by atoms with Crippen LogP contribution in [0, 0.1) is 0 Å². The van der Waals surface area contributed by atoms with Crippen molar-refractivity contribution in [3.8, 4) is 11.1 Å². The molecule has 1 fully saturated rings. The maximum absolute atomic E-state index is 9.71. The summed E-state index contributed by atoms with van der Waals surface area (Å²) < 4.78 is 0. The summed E-state index contributed by atoms with van der Waals surface area (Å²) >= 11 is 0. The molecule has 0 spiro atoms. The van der Waals surface area contributed by atoms with Crippen LogP contribution in [0.2, 0.25) is 0 Å². The molecule has 4 rings (SSSR count). The Morgan fingerprint density at radius 3 is 2.62 bits per heavy atom. The van der Waals surface area contributed by atoms with Gasteiger partial charge < -0.3 is 21.1 Å². The van der Waals surface area contributed by atoms with Crippen molar-refractivity contribution in [3.05, 3.63) is 36.3 Å². The van der Waals surface area contributed by atoms with E-state index in [9.17, 15) is 5.11 Å². The molecule has 4 heterocycles. The van der Waals surface area contributed by atoms with Gasteiger partial charge in [-0.2, -0.15) is 4.98 Å². The van der Waals surface area contributed by atoms with Gasteiger partial charge in [0.05, 0.1) is 18.2 Å². The highest BCUT2D eigenvalue weighted by atomic mass is 16.3. The molecule has 32 heavy (non-hydrogen) atoms. The maximum atomic E-state index is 9.71. The van der Waals surface area contributed by atoms with Gasteiger partial charge in [0.1, 0.15) is 5.52 Å². The first-order valence-corrected chi connectivity index (χ1v) is 11.5. The lowest BCUT2D eigenvalue weighted by Crippen LogP contribution is -2.29. The number of nitrogen functional groups attached to an aromatic ring is 1. The van der Waals surface area contributed by atoms with Crippen LogP contribution in [0.25, 0.3) is 22.2 Å². The molecular formula is C24H33N7O. The van der Waals surface area contributed by atoms with Crippen molar-refractivity contribution in [2.24, 2.45) is 0 Å². The number of aromatic nitrogens is 4. The van der Waals surface area contributed by atoms with Gasteiger partial charge in [0.15, 0.2) is 5.82 Å². The van der Waals surface area contributed by atoms with Crippen molar-refractivity contribution in [2.45, 2.75) is 51.0 Å². The van der Waals surface area contributed by atoms with Crippen molar-refractivity contribution in [3.63, 3.8) is 0 Å². The molecule has 0 radical (unpaired) electrons. The van der Waals surface area contributed by atoms with Gasteiger partial charge in [0.25, 0.3) is 0 Å². The molecule has 8 nitrogen and oxygen atoms in total. The lowest BCUT2D eigenvalue weighted by molar-refractivity contribution is 0.253. The molecule has 3 aromatic heterocycles. The van der Waals surface area contributed by atoms with E-state index in [-0.39, 0.29) is 18.6 Å². The van der Waals surface area contributed by atoms with Gasteiger partial charge in [-0.1, -0.05) is 25.8 Å². The van der Waals surface area contributed by atoms with E-state index in [1.165, 1.54) is 0 Å². The molecule has 0 saturated carbocycles. The van der Waals surface area contributed by atoms with Crippen LogP contribution in [0.15, 0.2) is 30.6 Å². The molecule has 0 bridgehead atoms. The first-order chi connectivity index (χ1) is 15.6. The Morgan fingerprint density at radius 2 is 1.94 bits per heavy atom. The Kier molecular flexibility index (Phi) is 7.12. The van der Waals surface area contributed by atoms with Gasteiger partial charge in [0, 0.05) is 35.1 Å². The minimum Gasteiger partial charge on any atom is -0.394 e. The second-order valence-electron chi connectivity index (χ2n) is 8.74. The summed E-state index contributed by atoms with van der Waals surface area (Å²) in [7, 11) is 2.17. The van der Waals surface area contributed by atoms with Crippen molar-refractivity contribution in [1.82, 2.24) is 24.8 Å². The van der Waals surface area contributed by atoms with E-state index in [1.54, 1.807) is 0 Å². The van der Waals surface area contributed by atoms with Gasteiger partial charge in [-0.3, -0.25) is 9.97 Å². The summed E-state index contributed by atoms with van der Waals surface area (Å²) in [6, 6.07) is 6.12. The average molecular weight is 436 g/mol. The fourth-order valence-corrected chi connectivity index (χ4v) is 4.27. The quantitative estimate of drug-likeness (QED) is 0.493. The van der Waals surface area contributed by atoms with E-state index in [2.05, 4.69) is 51.3 Å². The van der Waals surface area contributed by atoms with E-state index >= 15 is 0 Å². The molecular weight excluding hydrogens is 402 g/mol. The van der Waals surface area contributed by atoms with E-state index in [0.717, 1.165) is 62.0 Å². The molecule has 1 aliphatic rings. The Labute approximate surface area is 189 Å². The average Bonchev–Trinajstić information content (AvgIpc) is 2.81. The van der Waals surface area contributed by atoms with Crippen LogP contribution in [0.1, 0.15) is 50.6 Å². The summed E-state index contributed by atoms with van der Waals surface area (Å²) in [5.74, 6) is 1.27. The number of aliphatic hydroxyl groups is 1. The Morgan fingerprint density at radius 1 is 1.16 bits per heavy atom. The fraction of sp³-hybridized carbons (Fsp3) is 0.500. The standard InChI is InChI=1S/C24H33N7O/c1-3-4-5-19(15-32)28-23-22-21(29-24(25)30-23)12-18(14-27-22)17-6-7-20(26-13-17)16-8-10-31(2)11-9-16/h6-7,12-14,16,19,32H,3-5,8-11,15H2,1-2H3,(H3,25,28,29,30). The Hall–Kier alpha value is -2.84. The molecule has 0 aliphatic carbocycles. The number of hydrogen-bond donors (Lipinski definition) is 3. The third-order valence-electron chi connectivity index (χ3n) is 6.28. The molecule has 1 atom stereocenters. The molecule has 1 aliphatic heterocycles. The van der Waals surface area contributed by atoms with Crippen LogP contribution in [0.5, 0.6) is 0 Å². The van der Waals surface area contributed by atoms with Crippen molar-refractivity contribution >= 4 is 22.8 Å². The third-order valence-corrected chi connectivity index (χ3v) is 6.28. The number of hydrogen-bond acceptors (Lipinski definition) is 8. The number of nitrogens with one attached hydrogen (secondary N) is 1. The Bertz CT molecular complexity index is 1030. The zero-order chi connectivity index (χ0) is 22.5. The largest absolute Gasteiger partial charge is 0.394 e. The molecule has 8 heteroatoms. The highest BCUT2D eigenvalue weighted by molar-refractivity contribution is 5.89. The van der Waals surface area contributed by atoms with Crippen LogP contribution >= 0.6 is 0 Å². The van der Waals surface area contributed by atoms with E-state index in [4.69, 9.17) is 10.7 Å². The third kappa shape index (κ3) is 5.14. The first-order valence-electron chi connectivity index (χ1n) is 11.5. The monoisotopic (exact) mass is 435 g/mol. The minimum absolute atomic E-state index is 0.0266. The van der Waals surface area contributed by atoms with E-state index in [0.29, 0.717) is 22.8 Å². The highest BCUT2D eigenvalue weighted by Crippen LogP contribution is 2.29. The molecule has 1 saturated heterocycles. The smallest absolute Gasteiger partial charge is 0.222 e. The molecule has 4 N–H and O–H groups in total.